The van der Waals surface area contributed by atoms with Gasteiger partial charge in [-0.2, -0.15) is 5.26 Å². The molecule has 3 N–H and O–H groups in total. The molecule has 2 aliphatic heterocycles. The van der Waals surface area contributed by atoms with Crippen LogP contribution in [0, 0.1) is 18.3 Å². The maximum atomic E-state index is 13.0. The van der Waals surface area contributed by atoms with E-state index in [-0.39, 0.29) is 11.3 Å². The van der Waals surface area contributed by atoms with Gasteiger partial charge >= 0.3 is 0 Å². The first kappa shape index (κ1) is 22.9. The second-order valence-corrected chi connectivity index (χ2v) is 11.4. The lowest BCUT2D eigenvalue weighted by molar-refractivity contribution is 0.321. The highest BCUT2D eigenvalue weighted by Crippen LogP contribution is 2.35. The van der Waals surface area contributed by atoms with E-state index < -0.39 is 10.0 Å². The first-order valence-corrected chi connectivity index (χ1v) is 13.3. The highest BCUT2D eigenvalue weighted by atomic mass is 32.2. The topological polar surface area (TPSA) is 123 Å². The summed E-state index contributed by atoms with van der Waals surface area (Å²) in [6.45, 7) is 4.51. The Morgan fingerprint density at radius 1 is 1.25 bits per heavy atom. The smallest absolute Gasteiger partial charge is 0.217 e. The summed E-state index contributed by atoms with van der Waals surface area (Å²) in [7, 11) is -1.41. The molecule has 2 aromatic heterocycles. The van der Waals surface area contributed by atoms with Crippen LogP contribution in [0.25, 0.3) is 10.4 Å². The number of aryl methyl sites for hydroxylation is 1. The van der Waals surface area contributed by atoms with Crippen molar-refractivity contribution < 1.29 is 8.42 Å². The van der Waals surface area contributed by atoms with Gasteiger partial charge in [0.05, 0.1) is 21.4 Å². The summed E-state index contributed by atoms with van der Waals surface area (Å²) in [5.41, 5.74) is 2.18. The van der Waals surface area contributed by atoms with E-state index in [1.165, 1.54) is 11.3 Å². The van der Waals surface area contributed by atoms with Crippen molar-refractivity contribution in [2.24, 2.45) is 0 Å². The lowest BCUT2D eigenvalue weighted by Crippen LogP contribution is -2.48. The molecule has 2 aliphatic rings. The van der Waals surface area contributed by atoms with Crippen LogP contribution in [0.4, 0.5) is 10.9 Å². The van der Waals surface area contributed by atoms with Crippen molar-refractivity contribution in [3.05, 3.63) is 23.5 Å². The highest BCUT2D eigenvalue weighted by Gasteiger charge is 2.35. The van der Waals surface area contributed by atoms with Crippen molar-refractivity contribution in [2.75, 3.05) is 43.9 Å². The Balaban J connectivity index is 1.44. The summed E-state index contributed by atoms with van der Waals surface area (Å²) < 4.78 is 27.6. The highest BCUT2D eigenvalue weighted by molar-refractivity contribution is 7.89. The Labute approximate surface area is 193 Å². The zero-order valence-electron chi connectivity index (χ0n) is 18.4. The third-order valence-corrected chi connectivity index (χ3v) is 9.76. The number of piperidine rings is 2. The summed E-state index contributed by atoms with van der Waals surface area (Å²) in [5.74, 6) is 0.692. The summed E-state index contributed by atoms with van der Waals surface area (Å²) in [5, 5.41) is 19.8. The second kappa shape index (κ2) is 9.70. The maximum absolute atomic E-state index is 13.0. The SMILES string of the molecule is CNc1nc(C)c(-c2cc(NC3CCN(S(=O)(=O)C4CCNCC4)CC3)ncc2C#N)s1. The molecule has 172 valence electrons. The van der Waals surface area contributed by atoms with Crippen LogP contribution in [0.5, 0.6) is 0 Å². The fraction of sp³-hybridized carbons (Fsp3) is 0.571. The van der Waals surface area contributed by atoms with Crippen LogP contribution in [0.3, 0.4) is 0 Å². The first-order valence-electron chi connectivity index (χ1n) is 10.9. The molecule has 0 aromatic carbocycles. The molecule has 2 fully saturated rings. The normalized spacial score (nSPS) is 18.9. The van der Waals surface area contributed by atoms with Crippen LogP contribution in [-0.4, -0.2) is 67.2 Å². The van der Waals surface area contributed by atoms with E-state index in [0.29, 0.717) is 37.3 Å². The molecule has 0 unspecified atom stereocenters. The molecule has 0 bridgehead atoms. The monoisotopic (exact) mass is 475 g/mol. The number of hydrogen-bond acceptors (Lipinski definition) is 9. The fourth-order valence-electron chi connectivity index (χ4n) is 4.33. The van der Waals surface area contributed by atoms with Gasteiger partial charge < -0.3 is 16.0 Å². The van der Waals surface area contributed by atoms with E-state index in [4.69, 9.17) is 0 Å². The van der Waals surface area contributed by atoms with Crippen molar-refractivity contribution >= 4 is 32.3 Å². The molecule has 9 nitrogen and oxygen atoms in total. The molecule has 0 amide bonds. The van der Waals surface area contributed by atoms with E-state index in [9.17, 15) is 13.7 Å². The predicted molar refractivity (Wildman–Crippen MR) is 127 cm³/mol. The van der Waals surface area contributed by atoms with Gasteiger partial charge in [-0.15, -0.1) is 0 Å². The summed E-state index contributed by atoms with van der Waals surface area (Å²) in [4.78, 5) is 9.85. The number of hydrogen-bond donors (Lipinski definition) is 3. The number of nitrogens with one attached hydrogen (secondary N) is 3. The predicted octanol–water partition coefficient (Wildman–Crippen LogP) is 2.39. The summed E-state index contributed by atoms with van der Waals surface area (Å²) in [6, 6.07) is 4.26. The summed E-state index contributed by atoms with van der Waals surface area (Å²) >= 11 is 1.51. The minimum Gasteiger partial charge on any atom is -0.367 e. The number of aromatic nitrogens is 2. The Morgan fingerprint density at radius 2 is 1.97 bits per heavy atom. The van der Waals surface area contributed by atoms with Crippen molar-refractivity contribution in [3.8, 4) is 16.5 Å². The largest absolute Gasteiger partial charge is 0.367 e. The molecule has 4 heterocycles. The maximum Gasteiger partial charge on any atom is 0.217 e. The van der Waals surface area contributed by atoms with Crippen molar-refractivity contribution in [1.29, 1.82) is 5.26 Å². The third kappa shape index (κ3) is 4.73. The molecule has 0 atom stereocenters. The van der Waals surface area contributed by atoms with Gasteiger partial charge in [0.1, 0.15) is 11.9 Å². The van der Waals surface area contributed by atoms with Gasteiger partial charge in [0.15, 0.2) is 5.13 Å². The van der Waals surface area contributed by atoms with Crippen LogP contribution < -0.4 is 16.0 Å². The standard InChI is InChI=1S/C21H29N7O2S2/c1-14-20(31-21(23-2)26-14)18-11-19(25-13-15(18)12-22)27-16-5-9-28(10-6-16)32(29,30)17-3-7-24-8-4-17/h11,13,16-17,24H,3-10H2,1-2H3,(H,23,26)(H,25,27). The molecular weight excluding hydrogens is 446 g/mol. The fourth-order valence-corrected chi connectivity index (χ4v) is 7.26. The molecule has 0 spiro atoms. The zero-order chi connectivity index (χ0) is 22.7. The quantitative estimate of drug-likeness (QED) is 0.582. The molecule has 4 rings (SSSR count). The Morgan fingerprint density at radius 3 is 2.59 bits per heavy atom. The van der Waals surface area contributed by atoms with E-state index in [1.807, 2.05) is 20.0 Å². The van der Waals surface area contributed by atoms with Crippen LogP contribution in [0.1, 0.15) is 36.9 Å². The van der Waals surface area contributed by atoms with Crippen LogP contribution >= 0.6 is 11.3 Å². The Hall–Kier alpha value is -2.26. The molecule has 0 aliphatic carbocycles. The molecule has 0 radical (unpaired) electrons. The minimum absolute atomic E-state index is 0.137. The van der Waals surface area contributed by atoms with Gasteiger partial charge in [-0.25, -0.2) is 22.7 Å². The number of nitriles is 1. The second-order valence-electron chi connectivity index (χ2n) is 8.22. The number of thiazole rings is 1. The van der Waals surface area contributed by atoms with E-state index in [1.54, 1.807) is 10.5 Å². The molecule has 32 heavy (non-hydrogen) atoms. The Bertz CT molecular complexity index is 1100. The molecular formula is C21H29N7O2S2. The van der Waals surface area contributed by atoms with Crippen molar-refractivity contribution in [2.45, 2.75) is 43.9 Å². The van der Waals surface area contributed by atoms with Crippen LogP contribution in [0.2, 0.25) is 0 Å². The van der Waals surface area contributed by atoms with Gasteiger partial charge in [0.2, 0.25) is 10.0 Å². The lowest BCUT2D eigenvalue weighted by atomic mass is 10.1. The lowest BCUT2D eigenvalue weighted by Gasteiger charge is -2.35. The van der Waals surface area contributed by atoms with Gasteiger partial charge in [0.25, 0.3) is 0 Å². The van der Waals surface area contributed by atoms with Crippen LogP contribution in [0.15, 0.2) is 12.3 Å². The molecule has 11 heteroatoms. The van der Waals surface area contributed by atoms with Crippen molar-refractivity contribution in [3.63, 3.8) is 0 Å². The van der Waals surface area contributed by atoms with Gasteiger partial charge in [-0.1, -0.05) is 11.3 Å². The number of pyridine rings is 1. The Kier molecular flexibility index (Phi) is 6.95. The molecule has 2 aromatic rings. The number of nitrogens with zero attached hydrogens (tertiary/aromatic N) is 4. The van der Waals surface area contributed by atoms with Gasteiger partial charge in [-0.05, 0) is 51.8 Å². The van der Waals surface area contributed by atoms with Crippen molar-refractivity contribution in [1.82, 2.24) is 19.6 Å². The molecule has 0 saturated carbocycles. The van der Waals surface area contributed by atoms with Gasteiger partial charge in [0, 0.05) is 37.9 Å². The van der Waals surface area contributed by atoms with Crippen LogP contribution in [-0.2, 0) is 10.0 Å². The minimum atomic E-state index is -3.24. The summed E-state index contributed by atoms with van der Waals surface area (Å²) in [6.07, 6.45) is 4.41. The van der Waals surface area contributed by atoms with E-state index >= 15 is 0 Å². The number of sulfonamides is 1. The molecule has 2 saturated heterocycles. The average Bonchev–Trinajstić information content (AvgIpc) is 3.20. The number of anilines is 2. The average molecular weight is 476 g/mol. The van der Waals surface area contributed by atoms with Gasteiger partial charge in [-0.3, -0.25) is 0 Å². The third-order valence-electron chi connectivity index (χ3n) is 6.15. The first-order chi connectivity index (χ1) is 15.4. The number of rotatable bonds is 6. The van der Waals surface area contributed by atoms with E-state index in [2.05, 4.69) is 32.0 Å². The zero-order valence-corrected chi connectivity index (χ0v) is 20.0. The van der Waals surface area contributed by atoms with E-state index in [0.717, 1.165) is 47.2 Å².